The van der Waals surface area contributed by atoms with Gasteiger partial charge in [-0.25, -0.2) is 0 Å². The van der Waals surface area contributed by atoms with Gasteiger partial charge in [-0.05, 0) is 19.3 Å². The van der Waals surface area contributed by atoms with Gasteiger partial charge in [-0.2, -0.15) is 0 Å². The SMILES string of the molecule is CCCCCCCCCCCCCCCC/C=C/C(O)C(COC1OC(CO)C(O)C(O)C1O)NC(=O)CCCCCCCCCCCCCCCCCCCCCCCCC. The summed E-state index contributed by atoms with van der Waals surface area (Å²) >= 11 is 0. The Labute approximate surface area is 382 Å². The predicted molar refractivity (Wildman–Crippen MR) is 258 cm³/mol. The van der Waals surface area contributed by atoms with E-state index in [4.69, 9.17) is 9.47 Å². The number of nitrogens with one attached hydrogen (secondary N) is 1. The first-order chi connectivity index (χ1) is 30.3. The van der Waals surface area contributed by atoms with Gasteiger partial charge in [0.15, 0.2) is 6.29 Å². The zero-order valence-electron chi connectivity index (χ0n) is 40.6. The Morgan fingerprint density at radius 2 is 0.887 bits per heavy atom. The summed E-state index contributed by atoms with van der Waals surface area (Å²) in [6, 6.07) is -0.799. The van der Waals surface area contributed by atoms with Crippen LogP contribution in [0.2, 0.25) is 0 Å². The topological polar surface area (TPSA) is 149 Å². The molecule has 1 heterocycles. The molecule has 0 saturated carbocycles. The summed E-state index contributed by atoms with van der Waals surface area (Å²) < 4.78 is 11.3. The van der Waals surface area contributed by atoms with E-state index < -0.39 is 49.5 Å². The molecule has 1 fully saturated rings. The standard InChI is InChI=1S/C53H103NO8/c1-3-5-7-9-11-13-15-17-19-21-22-23-24-25-26-27-29-31-33-35-37-39-41-43-49(57)54-46(45-61-53-52(60)51(59)50(58)48(44-55)62-53)47(56)42-40-38-36-34-32-30-28-20-18-16-14-12-10-8-6-4-2/h40,42,46-48,50-53,55-56,58-60H,3-39,41,43-45H2,1-2H3,(H,54,57)/b42-40+. The molecule has 0 aromatic heterocycles. The van der Waals surface area contributed by atoms with Crippen molar-refractivity contribution in [1.29, 1.82) is 0 Å². The molecule has 6 N–H and O–H groups in total. The highest BCUT2D eigenvalue weighted by atomic mass is 16.7. The van der Waals surface area contributed by atoms with Gasteiger partial charge in [0.05, 0.1) is 25.4 Å². The van der Waals surface area contributed by atoms with Gasteiger partial charge in [0.2, 0.25) is 5.91 Å². The Morgan fingerprint density at radius 1 is 0.532 bits per heavy atom. The molecule has 1 aliphatic rings. The molecule has 1 saturated heterocycles. The van der Waals surface area contributed by atoms with E-state index in [1.807, 2.05) is 6.08 Å². The molecule has 7 atom stereocenters. The number of unbranched alkanes of at least 4 members (excludes halogenated alkanes) is 36. The number of allylic oxidation sites excluding steroid dienone is 1. The summed E-state index contributed by atoms with van der Waals surface area (Å²) in [7, 11) is 0. The van der Waals surface area contributed by atoms with Crippen LogP contribution in [0.15, 0.2) is 12.2 Å². The zero-order chi connectivity index (χ0) is 45.1. The number of rotatable bonds is 46. The van der Waals surface area contributed by atoms with Crippen LogP contribution in [0.3, 0.4) is 0 Å². The van der Waals surface area contributed by atoms with Gasteiger partial charge in [0.25, 0.3) is 0 Å². The maximum atomic E-state index is 13.0. The number of aliphatic hydroxyl groups excluding tert-OH is 5. The average molecular weight is 882 g/mol. The maximum Gasteiger partial charge on any atom is 0.220 e. The smallest absolute Gasteiger partial charge is 0.220 e. The van der Waals surface area contributed by atoms with Crippen molar-refractivity contribution >= 4 is 5.91 Å². The molecular formula is C53H103NO8. The van der Waals surface area contributed by atoms with E-state index in [0.717, 1.165) is 38.5 Å². The monoisotopic (exact) mass is 882 g/mol. The van der Waals surface area contributed by atoms with Crippen molar-refractivity contribution in [1.82, 2.24) is 5.32 Å². The minimum atomic E-state index is -1.56. The molecular weight excluding hydrogens is 779 g/mol. The predicted octanol–water partition coefficient (Wildman–Crippen LogP) is 12.5. The van der Waals surface area contributed by atoms with E-state index in [-0.39, 0.29) is 12.5 Å². The molecule has 0 aromatic carbocycles. The average Bonchev–Trinajstić information content (AvgIpc) is 3.27. The first kappa shape index (κ1) is 58.9. The van der Waals surface area contributed by atoms with Crippen molar-refractivity contribution in [2.24, 2.45) is 0 Å². The second-order valence-electron chi connectivity index (χ2n) is 19.0. The molecule has 0 aliphatic carbocycles. The van der Waals surface area contributed by atoms with Crippen LogP contribution >= 0.6 is 0 Å². The number of hydrogen-bond donors (Lipinski definition) is 6. The molecule has 9 heteroatoms. The van der Waals surface area contributed by atoms with Crippen LogP contribution in [0.25, 0.3) is 0 Å². The van der Waals surface area contributed by atoms with Crippen molar-refractivity contribution in [3.63, 3.8) is 0 Å². The Hall–Kier alpha value is -1.07. The molecule has 368 valence electrons. The molecule has 1 amide bonds. The van der Waals surface area contributed by atoms with Crippen LogP contribution < -0.4 is 5.32 Å². The molecule has 0 aromatic rings. The molecule has 1 aliphatic heterocycles. The van der Waals surface area contributed by atoms with E-state index >= 15 is 0 Å². The van der Waals surface area contributed by atoms with Gasteiger partial charge in [0, 0.05) is 6.42 Å². The third kappa shape index (κ3) is 33.4. The van der Waals surface area contributed by atoms with Gasteiger partial charge in [0.1, 0.15) is 24.4 Å². The molecule has 0 spiro atoms. The van der Waals surface area contributed by atoms with Crippen molar-refractivity contribution in [2.45, 2.75) is 307 Å². The third-order valence-corrected chi connectivity index (χ3v) is 13.1. The first-order valence-corrected chi connectivity index (χ1v) is 26.9. The Balaban J connectivity index is 2.24. The fourth-order valence-corrected chi connectivity index (χ4v) is 8.81. The lowest BCUT2D eigenvalue weighted by atomic mass is 9.99. The zero-order valence-corrected chi connectivity index (χ0v) is 40.6. The fraction of sp³-hybridized carbons (Fsp3) is 0.943. The summed E-state index contributed by atoms with van der Waals surface area (Å²) in [6.45, 7) is 3.81. The Kier molecular flexibility index (Phi) is 41.6. The second-order valence-corrected chi connectivity index (χ2v) is 19.0. The number of carbonyl (C=O) groups excluding carboxylic acids is 1. The summed E-state index contributed by atoms with van der Waals surface area (Å²) in [5.74, 6) is -0.171. The largest absolute Gasteiger partial charge is 0.394 e. The molecule has 62 heavy (non-hydrogen) atoms. The highest BCUT2D eigenvalue weighted by molar-refractivity contribution is 5.76. The van der Waals surface area contributed by atoms with Gasteiger partial charge >= 0.3 is 0 Å². The van der Waals surface area contributed by atoms with Crippen LogP contribution in [-0.2, 0) is 14.3 Å². The normalized spacial score (nSPS) is 20.3. The van der Waals surface area contributed by atoms with Crippen molar-refractivity contribution in [2.75, 3.05) is 13.2 Å². The third-order valence-electron chi connectivity index (χ3n) is 13.1. The van der Waals surface area contributed by atoms with Crippen molar-refractivity contribution in [3.8, 4) is 0 Å². The van der Waals surface area contributed by atoms with E-state index in [2.05, 4.69) is 19.2 Å². The maximum absolute atomic E-state index is 13.0. The highest BCUT2D eigenvalue weighted by Crippen LogP contribution is 2.23. The van der Waals surface area contributed by atoms with E-state index in [1.54, 1.807) is 6.08 Å². The van der Waals surface area contributed by atoms with Gasteiger partial charge in [-0.15, -0.1) is 0 Å². The van der Waals surface area contributed by atoms with Crippen LogP contribution in [0, 0.1) is 0 Å². The van der Waals surface area contributed by atoms with Crippen molar-refractivity contribution in [3.05, 3.63) is 12.2 Å². The molecule has 0 bridgehead atoms. The summed E-state index contributed by atoms with van der Waals surface area (Å²) in [5.41, 5.74) is 0. The molecule has 1 rings (SSSR count). The number of aliphatic hydroxyl groups is 5. The number of carbonyl (C=O) groups is 1. The Morgan fingerprint density at radius 3 is 1.26 bits per heavy atom. The lowest BCUT2D eigenvalue weighted by molar-refractivity contribution is -0.302. The fourth-order valence-electron chi connectivity index (χ4n) is 8.81. The molecule has 0 radical (unpaired) electrons. The van der Waals surface area contributed by atoms with Crippen LogP contribution in [-0.4, -0.2) is 87.5 Å². The Bertz CT molecular complexity index is 981. The van der Waals surface area contributed by atoms with Crippen LogP contribution in [0.4, 0.5) is 0 Å². The van der Waals surface area contributed by atoms with E-state index in [9.17, 15) is 30.3 Å². The number of ether oxygens (including phenoxy) is 2. The van der Waals surface area contributed by atoms with Crippen LogP contribution in [0.1, 0.15) is 264 Å². The van der Waals surface area contributed by atoms with Gasteiger partial charge in [-0.3, -0.25) is 4.79 Å². The highest BCUT2D eigenvalue weighted by Gasteiger charge is 2.44. The summed E-state index contributed by atoms with van der Waals surface area (Å²) in [5, 5.41) is 54.4. The van der Waals surface area contributed by atoms with Gasteiger partial charge in [-0.1, -0.05) is 251 Å². The molecule has 7 unspecified atom stereocenters. The minimum Gasteiger partial charge on any atom is -0.394 e. The van der Waals surface area contributed by atoms with Gasteiger partial charge < -0.3 is 40.3 Å². The summed E-state index contributed by atoms with van der Waals surface area (Å²) in [4.78, 5) is 13.0. The second kappa shape index (κ2) is 43.8. The first-order valence-electron chi connectivity index (χ1n) is 26.9. The number of hydrogen-bond acceptors (Lipinski definition) is 8. The molecule has 9 nitrogen and oxygen atoms in total. The number of amides is 1. The lowest BCUT2D eigenvalue weighted by Gasteiger charge is -2.40. The van der Waals surface area contributed by atoms with Crippen LogP contribution in [0.5, 0.6) is 0 Å². The summed E-state index contributed by atoms with van der Waals surface area (Å²) in [6.07, 6.45) is 45.5. The van der Waals surface area contributed by atoms with E-state index in [1.165, 1.54) is 205 Å². The van der Waals surface area contributed by atoms with Crippen molar-refractivity contribution < 1.29 is 39.8 Å². The minimum absolute atomic E-state index is 0.171. The lowest BCUT2D eigenvalue weighted by Crippen LogP contribution is -2.60. The van der Waals surface area contributed by atoms with E-state index in [0.29, 0.717) is 6.42 Å². The quantitative estimate of drug-likeness (QED) is 0.0261.